The average molecular weight is 135 g/mol. The SMILES string of the molecule is CC(C)N(S)C(=O)O. The molecule has 0 aliphatic rings. The number of rotatable bonds is 1. The number of hydrogen-bond donors (Lipinski definition) is 2. The van der Waals surface area contributed by atoms with Gasteiger partial charge < -0.3 is 5.11 Å². The lowest BCUT2D eigenvalue weighted by Crippen LogP contribution is -2.26. The van der Waals surface area contributed by atoms with E-state index in [4.69, 9.17) is 5.11 Å². The van der Waals surface area contributed by atoms with Crippen molar-refractivity contribution in [1.82, 2.24) is 4.31 Å². The molecule has 0 aliphatic heterocycles. The normalized spacial score (nSPS) is 9.50. The first kappa shape index (κ1) is 7.62. The summed E-state index contributed by atoms with van der Waals surface area (Å²) in [5, 5.41) is 8.20. The van der Waals surface area contributed by atoms with Crippen LogP contribution in [0.3, 0.4) is 0 Å². The Kier molecular flexibility index (Phi) is 2.68. The maximum Gasteiger partial charge on any atom is 0.417 e. The monoisotopic (exact) mass is 135 g/mol. The van der Waals surface area contributed by atoms with Gasteiger partial charge in [0, 0.05) is 6.04 Å². The minimum atomic E-state index is -1.01. The second-order valence-electron chi connectivity index (χ2n) is 1.72. The predicted octanol–water partition coefficient (Wildman–Crippen LogP) is 1.22. The maximum absolute atomic E-state index is 9.99. The van der Waals surface area contributed by atoms with Crippen molar-refractivity contribution in [2.45, 2.75) is 19.9 Å². The molecule has 0 heterocycles. The van der Waals surface area contributed by atoms with E-state index in [0.29, 0.717) is 0 Å². The molecule has 0 atom stereocenters. The Bertz CT molecular complexity index is 94.0. The largest absolute Gasteiger partial charge is 0.464 e. The predicted molar refractivity (Wildman–Crippen MR) is 34.0 cm³/mol. The highest BCUT2D eigenvalue weighted by Crippen LogP contribution is 1.99. The van der Waals surface area contributed by atoms with E-state index in [-0.39, 0.29) is 6.04 Å². The van der Waals surface area contributed by atoms with E-state index in [1.165, 1.54) is 0 Å². The van der Waals surface area contributed by atoms with Crippen molar-refractivity contribution in [2.75, 3.05) is 0 Å². The van der Waals surface area contributed by atoms with Crippen molar-refractivity contribution in [1.29, 1.82) is 0 Å². The van der Waals surface area contributed by atoms with Crippen LogP contribution in [0.25, 0.3) is 0 Å². The topological polar surface area (TPSA) is 40.5 Å². The average Bonchev–Trinajstić information content (AvgIpc) is 1.64. The van der Waals surface area contributed by atoms with Gasteiger partial charge in [-0.2, -0.15) is 0 Å². The van der Waals surface area contributed by atoms with Gasteiger partial charge in [-0.3, -0.25) is 4.31 Å². The molecule has 0 fully saturated rings. The molecule has 0 spiro atoms. The van der Waals surface area contributed by atoms with Gasteiger partial charge in [0.2, 0.25) is 0 Å². The molecule has 1 N–H and O–H groups in total. The van der Waals surface area contributed by atoms with E-state index in [2.05, 4.69) is 12.8 Å². The zero-order valence-corrected chi connectivity index (χ0v) is 5.72. The fraction of sp³-hybridized carbons (Fsp3) is 0.750. The van der Waals surface area contributed by atoms with E-state index in [1.54, 1.807) is 13.8 Å². The van der Waals surface area contributed by atoms with Crippen molar-refractivity contribution in [3.63, 3.8) is 0 Å². The fourth-order valence-electron chi connectivity index (χ4n) is 0.221. The maximum atomic E-state index is 9.99. The van der Waals surface area contributed by atoms with Crippen LogP contribution in [0.1, 0.15) is 13.8 Å². The summed E-state index contributed by atoms with van der Waals surface area (Å²) in [4.78, 5) is 9.99. The summed E-state index contributed by atoms with van der Waals surface area (Å²) in [5.74, 6) is 0. The summed E-state index contributed by atoms with van der Waals surface area (Å²) in [6, 6.07) is -0.0594. The van der Waals surface area contributed by atoms with Crippen molar-refractivity contribution in [2.24, 2.45) is 0 Å². The van der Waals surface area contributed by atoms with Gasteiger partial charge in [0.25, 0.3) is 0 Å². The highest BCUT2D eigenvalue weighted by atomic mass is 32.1. The Morgan fingerprint density at radius 3 is 2.12 bits per heavy atom. The first-order chi connectivity index (χ1) is 3.55. The first-order valence-corrected chi connectivity index (χ1v) is 2.66. The van der Waals surface area contributed by atoms with Crippen LogP contribution in [0, 0.1) is 0 Å². The molecule has 4 heteroatoms. The Morgan fingerprint density at radius 2 is 2.12 bits per heavy atom. The van der Waals surface area contributed by atoms with Crippen LogP contribution in [-0.4, -0.2) is 21.5 Å². The van der Waals surface area contributed by atoms with Gasteiger partial charge in [-0.1, -0.05) is 12.8 Å². The summed E-state index contributed by atoms with van der Waals surface area (Å²) in [6.07, 6.45) is -1.01. The highest BCUT2D eigenvalue weighted by Gasteiger charge is 2.08. The molecule has 0 unspecified atom stereocenters. The molecule has 0 bridgehead atoms. The summed E-state index contributed by atoms with van der Waals surface area (Å²) in [7, 11) is 0. The van der Waals surface area contributed by atoms with E-state index in [1.807, 2.05) is 0 Å². The second kappa shape index (κ2) is 2.81. The van der Waals surface area contributed by atoms with Crippen molar-refractivity contribution >= 4 is 18.9 Å². The molecule has 48 valence electrons. The molecule has 0 saturated carbocycles. The summed E-state index contributed by atoms with van der Waals surface area (Å²) < 4.78 is 0.944. The third-order valence-electron chi connectivity index (χ3n) is 0.685. The quantitative estimate of drug-likeness (QED) is 0.531. The van der Waals surface area contributed by atoms with Gasteiger partial charge in [-0.15, -0.1) is 0 Å². The third kappa shape index (κ3) is 2.07. The lowest BCUT2D eigenvalue weighted by molar-refractivity contribution is 0.169. The van der Waals surface area contributed by atoms with Gasteiger partial charge in [0.1, 0.15) is 0 Å². The van der Waals surface area contributed by atoms with E-state index < -0.39 is 6.09 Å². The molecule has 0 aliphatic carbocycles. The summed E-state index contributed by atoms with van der Waals surface area (Å²) >= 11 is 3.65. The van der Waals surface area contributed by atoms with Crippen molar-refractivity contribution in [3.8, 4) is 0 Å². The van der Waals surface area contributed by atoms with Gasteiger partial charge in [-0.05, 0) is 13.8 Å². The number of amides is 1. The Hall–Kier alpha value is -0.380. The van der Waals surface area contributed by atoms with Gasteiger partial charge >= 0.3 is 6.09 Å². The summed E-state index contributed by atoms with van der Waals surface area (Å²) in [5.41, 5.74) is 0. The van der Waals surface area contributed by atoms with Crippen LogP contribution in [0.15, 0.2) is 0 Å². The van der Waals surface area contributed by atoms with Crippen LogP contribution in [-0.2, 0) is 0 Å². The number of nitrogens with zero attached hydrogens (tertiary/aromatic N) is 1. The zero-order valence-electron chi connectivity index (χ0n) is 4.83. The molecule has 8 heavy (non-hydrogen) atoms. The number of carbonyl (C=O) groups is 1. The van der Waals surface area contributed by atoms with Crippen molar-refractivity contribution in [3.05, 3.63) is 0 Å². The van der Waals surface area contributed by atoms with Crippen LogP contribution >= 0.6 is 12.8 Å². The standard InChI is InChI=1S/C4H9NO2S/c1-3(2)5(8)4(6)7/h3,8H,1-2H3,(H,6,7). The Balaban J connectivity index is 3.64. The van der Waals surface area contributed by atoms with Crippen LogP contribution in [0.5, 0.6) is 0 Å². The zero-order chi connectivity index (χ0) is 6.73. The van der Waals surface area contributed by atoms with Crippen LogP contribution in [0.4, 0.5) is 4.79 Å². The van der Waals surface area contributed by atoms with Gasteiger partial charge in [0.05, 0.1) is 0 Å². The van der Waals surface area contributed by atoms with Crippen LogP contribution < -0.4 is 0 Å². The smallest absolute Gasteiger partial charge is 0.417 e. The van der Waals surface area contributed by atoms with Gasteiger partial charge in [0.15, 0.2) is 0 Å². The Morgan fingerprint density at radius 1 is 1.75 bits per heavy atom. The number of thiol groups is 1. The van der Waals surface area contributed by atoms with E-state index >= 15 is 0 Å². The molecule has 0 rings (SSSR count). The van der Waals surface area contributed by atoms with Crippen LogP contribution in [0.2, 0.25) is 0 Å². The highest BCUT2D eigenvalue weighted by molar-refractivity contribution is 7.78. The first-order valence-electron chi connectivity index (χ1n) is 2.26. The van der Waals surface area contributed by atoms with E-state index in [9.17, 15) is 4.79 Å². The molecular weight excluding hydrogens is 126 g/mol. The number of hydrogen-bond acceptors (Lipinski definition) is 2. The third-order valence-corrected chi connectivity index (χ3v) is 1.32. The minimum absolute atomic E-state index is 0.0594. The van der Waals surface area contributed by atoms with Gasteiger partial charge in [-0.25, -0.2) is 4.79 Å². The lowest BCUT2D eigenvalue weighted by Gasteiger charge is -2.14. The minimum Gasteiger partial charge on any atom is -0.464 e. The molecule has 3 nitrogen and oxygen atoms in total. The molecule has 0 saturated heterocycles. The Labute approximate surface area is 53.8 Å². The molecular formula is C4H9NO2S. The number of carboxylic acid groups (broad SMARTS) is 1. The van der Waals surface area contributed by atoms with E-state index in [0.717, 1.165) is 4.31 Å². The lowest BCUT2D eigenvalue weighted by atomic mass is 10.4. The molecule has 1 amide bonds. The van der Waals surface area contributed by atoms with Crippen molar-refractivity contribution < 1.29 is 9.90 Å². The molecule has 0 aromatic rings. The molecule has 0 aromatic carbocycles. The summed E-state index contributed by atoms with van der Waals surface area (Å²) in [6.45, 7) is 3.50. The molecule has 0 radical (unpaired) electrons. The second-order valence-corrected chi connectivity index (χ2v) is 2.15. The molecule has 0 aromatic heterocycles. The fourth-order valence-corrected chi connectivity index (χ4v) is 0.221.